The minimum atomic E-state index is -0.340. The van der Waals surface area contributed by atoms with E-state index in [-0.39, 0.29) is 11.9 Å². The Bertz CT molecular complexity index is 963. The first-order valence-corrected chi connectivity index (χ1v) is 9.89. The van der Waals surface area contributed by atoms with Crippen LogP contribution in [-0.2, 0) is 0 Å². The molecule has 2 heterocycles. The number of benzene rings is 2. The molecule has 8 heteroatoms. The van der Waals surface area contributed by atoms with E-state index >= 15 is 0 Å². The van der Waals surface area contributed by atoms with Crippen LogP contribution in [0.2, 0.25) is 0 Å². The minimum Gasteiger partial charge on any atom is -0.487 e. The summed E-state index contributed by atoms with van der Waals surface area (Å²) in [6, 6.07) is 8.14. The topological polar surface area (TPSA) is 85.1 Å². The fourth-order valence-electron chi connectivity index (χ4n) is 3.25. The van der Waals surface area contributed by atoms with Crippen molar-refractivity contribution in [2.24, 2.45) is 0 Å². The molecule has 3 aromatic rings. The van der Waals surface area contributed by atoms with Crippen molar-refractivity contribution < 1.29 is 9.13 Å². The number of fused-ring (bicyclic) bond motifs is 1. The number of hydrogen-bond acceptors (Lipinski definition) is 7. The largest absolute Gasteiger partial charge is 0.487 e. The van der Waals surface area contributed by atoms with Gasteiger partial charge in [-0.05, 0) is 56.0 Å². The van der Waals surface area contributed by atoms with Gasteiger partial charge in [-0.25, -0.2) is 14.4 Å². The second-order valence-electron chi connectivity index (χ2n) is 6.45. The van der Waals surface area contributed by atoms with E-state index in [1.807, 2.05) is 19.1 Å². The lowest BCUT2D eigenvalue weighted by Gasteiger charge is -2.18. The van der Waals surface area contributed by atoms with Gasteiger partial charge in [-0.1, -0.05) is 0 Å². The van der Waals surface area contributed by atoms with Crippen LogP contribution in [0.4, 0.5) is 21.6 Å². The quantitative estimate of drug-likeness (QED) is 0.394. The van der Waals surface area contributed by atoms with Crippen LogP contribution < -0.4 is 21.1 Å². The van der Waals surface area contributed by atoms with E-state index in [0.29, 0.717) is 22.9 Å². The number of anilines is 3. The van der Waals surface area contributed by atoms with Crippen LogP contribution in [-0.4, -0.2) is 35.4 Å². The number of nitrogens with zero attached hydrogens (tertiary/aromatic N) is 2. The second-order valence-corrected chi connectivity index (χ2v) is 6.45. The second kappa shape index (κ2) is 9.07. The van der Waals surface area contributed by atoms with Crippen LogP contribution in [0.1, 0.15) is 12.0 Å². The predicted molar refractivity (Wildman–Crippen MR) is 115 cm³/mol. The average molecular weight is 402 g/mol. The van der Waals surface area contributed by atoms with Gasteiger partial charge >= 0.3 is 0 Å². The molecule has 1 aromatic heterocycles. The molecule has 6 nitrogen and oxygen atoms in total. The van der Waals surface area contributed by atoms with Crippen LogP contribution >= 0.6 is 12.6 Å². The highest BCUT2D eigenvalue weighted by Gasteiger charge is 2.19. The van der Waals surface area contributed by atoms with Crippen LogP contribution in [0.5, 0.6) is 5.75 Å². The number of rotatable bonds is 4. The Morgan fingerprint density at radius 1 is 1.25 bits per heavy atom. The average Bonchev–Trinajstić information content (AvgIpc) is 3.18. The maximum absolute atomic E-state index is 13.8. The van der Waals surface area contributed by atoms with Crippen LogP contribution in [0.25, 0.3) is 10.9 Å². The molecular weight excluding hydrogens is 377 g/mol. The Hall–Kier alpha value is -2.58. The SMILES string of the molecule is CS.Cc1cc(N)cc2ncnc(Nc3ccc(F)cc3OC3CCNC3)c12. The lowest BCUT2D eigenvalue weighted by Crippen LogP contribution is -2.20. The van der Waals surface area contributed by atoms with E-state index in [4.69, 9.17) is 10.5 Å². The first kappa shape index (κ1) is 20.2. The van der Waals surface area contributed by atoms with E-state index < -0.39 is 0 Å². The summed E-state index contributed by atoms with van der Waals surface area (Å²) in [6.07, 6.45) is 4.10. The van der Waals surface area contributed by atoms with Crippen molar-refractivity contribution in [2.75, 3.05) is 30.4 Å². The Kier molecular flexibility index (Phi) is 6.53. The maximum Gasteiger partial charge on any atom is 0.146 e. The standard InChI is InChI=1S/C19H20FN5O.CH4S/c1-11-6-13(21)8-16-18(11)19(24-10-23-16)25-15-3-2-12(20)7-17(15)26-14-4-5-22-9-14;1-2/h2-3,6-8,10,14,22H,4-5,9,21H2,1H3,(H,23,24,25);2H,1H3. The van der Waals surface area contributed by atoms with Crippen molar-refractivity contribution >= 4 is 40.7 Å². The number of nitrogens with one attached hydrogen (secondary N) is 2. The highest BCUT2D eigenvalue weighted by Crippen LogP contribution is 2.33. The summed E-state index contributed by atoms with van der Waals surface area (Å²) in [5.41, 5.74) is 8.94. The van der Waals surface area contributed by atoms with Crippen molar-refractivity contribution in [3.63, 3.8) is 0 Å². The molecule has 148 valence electrons. The molecule has 4 rings (SSSR count). The molecule has 0 bridgehead atoms. The summed E-state index contributed by atoms with van der Waals surface area (Å²) in [6.45, 7) is 3.62. The molecule has 1 unspecified atom stereocenters. The molecule has 0 spiro atoms. The van der Waals surface area contributed by atoms with Crippen molar-refractivity contribution in [3.05, 3.63) is 48.0 Å². The summed E-state index contributed by atoms with van der Waals surface area (Å²) >= 11 is 3.53. The molecule has 0 saturated carbocycles. The van der Waals surface area contributed by atoms with Crippen LogP contribution in [0.3, 0.4) is 0 Å². The first-order chi connectivity index (χ1) is 13.6. The number of hydrogen-bond donors (Lipinski definition) is 4. The molecule has 2 aromatic carbocycles. The normalized spacial score (nSPS) is 15.8. The van der Waals surface area contributed by atoms with Gasteiger partial charge in [-0.3, -0.25) is 0 Å². The molecule has 1 aliphatic rings. The molecule has 1 fully saturated rings. The number of ether oxygens (including phenoxy) is 1. The summed E-state index contributed by atoms with van der Waals surface area (Å²) in [4.78, 5) is 8.66. The highest BCUT2D eigenvalue weighted by atomic mass is 32.1. The lowest BCUT2D eigenvalue weighted by molar-refractivity contribution is 0.223. The molecular formula is C20H24FN5OS. The predicted octanol–water partition coefficient (Wildman–Crippen LogP) is 3.69. The lowest BCUT2D eigenvalue weighted by atomic mass is 10.1. The summed E-state index contributed by atoms with van der Waals surface area (Å²) in [5, 5.41) is 7.39. The van der Waals surface area contributed by atoms with E-state index in [9.17, 15) is 4.39 Å². The number of nitrogen functional groups attached to an aromatic ring is 1. The van der Waals surface area contributed by atoms with Crippen molar-refractivity contribution in [1.82, 2.24) is 15.3 Å². The van der Waals surface area contributed by atoms with Gasteiger partial charge in [0.05, 0.1) is 11.2 Å². The summed E-state index contributed by atoms with van der Waals surface area (Å²) in [5.74, 6) is 0.764. The van der Waals surface area contributed by atoms with Gasteiger partial charge in [0, 0.05) is 23.7 Å². The van der Waals surface area contributed by atoms with Crippen molar-refractivity contribution in [1.29, 1.82) is 0 Å². The number of aryl methyl sites for hydroxylation is 1. The Morgan fingerprint density at radius 3 is 2.82 bits per heavy atom. The van der Waals surface area contributed by atoms with Crippen molar-refractivity contribution in [3.8, 4) is 5.75 Å². The molecule has 1 atom stereocenters. The van der Waals surface area contributed by atoms with E-state index in [2.05, 4.69) is 33.2 Å². The van der Waals surface area contributed by atoms with Gasteiger partial charge in [0.25, 0.3) is 0 Å². The molecule has 28 heavy (non-hydrogen) atoms. The molecule has 0 radical (unpaired) electrons. The molecule has 4 N–H and O–H groups in total. The Morgan fingerprint density at radius 2 is 2.07 bits per heavy atom. The molecule has 1 aliphatic heterocycles. The van der Waals surface area contributed by atoms with Crippen LogP contribution in [0, 0.1) is 12.7 Å². The van der Waals surface area contributed by atoms with E-state index in [1.165, 1.54) is 18.5 Å². The Labute approximate surface area is 169 Å². The minimum absolute atomic E-state index is 0.0287. The fourth-order valence-corrected chi connectivity index (χ4v) is 3.25. The van der Waals surface area contributed by atoms with Gasteiger partial charge in [0.15, 0.2) is 0 Å². The van der Waals surface area contributed by atoms with Gasteiger partial charge in [-0.2, -0.15) is 12.6 Å². The monoisotopic (exact) mass is 401 g/mol. The zero-order valence-corrected chi connectivity index (χ0v) is 16.8. The van der Waals surface area contributed by atoms with Gasteiger partial charge in [0.1, 0.15) is 29.8 Å². The van der Waals surface area contributed by atoms with Gasteiger partial charge < -0.3 is 21.1 Å². The maximum atomic E-state index is 13.8. The van der Waals surface area contributed by atoms with E-state index in [1.54, 1.807) is 12.3 Å². The van der Waals surface area contributed by atoms with Crippen LogP contribution in [0.15, 0.2) is 36.7 Å². The fraction of sp³-hybridized carbons (Fsp3) is 0.300. The third-order valence-corrected chi connectivity index (χ3v) is 4.46. The van der Waals surface area contributed by atoms with Gasteiger partial charge in [0.2, 0.25) is 0 Å². The zero-order valence-electron chi connectivity index (χ0n) is 15.9. The number of thiol groups is 1. The molecule has 0 aliphatic carbocycles. The van der Waals surface area contributed by atoms with Crippen molar-refractivity contribution in [2.45, 2.75) is 19.4 Å². The Balaban J connectivity index is 0.00000109. The summed E-state index contributed by atoms with van der Waals surface area (Å²) < 4.78 is 19.8. The summed E-state index contributed by atoms with van der Waals surface area (Å²) in [7, 11) is 0. The third-order valence-electron chi connectivity index (χ3n) is 4.46. The first-order valence-electron chi connectivity index (χ1n) is 8.99. The zero-order chi connectivity index (χ0) is 20.1. The third kappa shape index (κ3) is 4.45. The smallest absolute Gasteiger partial charge is 0.146 e. The number of aromatic nitrogens is 2. The molecule has 1 saturated heterocycles. The number of halogens is 1. The van der Waals surface area contributed by atoms with E-state index in [0.717, 1.165) is 36.0 Å². The van der Waals surface area contributed by atoms with Gasteiger partial charge in [-0.15, -0.1) is 0 Å². The highest BCUT2D eigenvalue weighted by molar-refractivity contribution is 7.79. The number of nitrogens with two attached hydrogens (primary N) is 1. The molecule has 0 amide bonds.